The Morgan fingerprint density at radius 1 is 1.32 bits per heavy atom. The molecule has 40 heavy (non-hydrogen) atoms. The highest BCUT2D eigenvalue weighted by atomic mass is 31.2. The number of anilines is 1. The van der Waals surface area contributed by atoms with Gasteiger partial charge in [-0.15, -0.1) is 0 Å². The number of nitriles is 1. The van der Waals surface area contributed by atoms with Crippen molar-refractivity contribution in [2.45, 2.75) is 36.9 Å². The number of carbonyl (C=O) groups is 1. The first kappa shape index (κ1) is 29.4. The summed E-state index contributed by atoms with van der Waals surface area (Å²) in [6.07, 6.45) is -2.94. The fraction of sp³-hybridized carbons (Fsp3) is 0.417. The number of para-hydroxylation sites is 1. The number of nitrogen functional groups attached to an aromatic ring is 1. The summed E-state index contributed by atoms with van der Waals surface area (Å²) < 4.78 is 41.8. The minimum atomic E-state index is -4.43. The van der Waals surface area contributed by atoms with Gasteiger partial charge in [-0.2, -0.15) is 15.4 Å². The first-order valence-corrected chi connectivity index (χ1v) is 13.6. The molecule has 0 saturated carbocycles. The molecule has 1 fully saturated rings. The molecule has 214 valence electrons. The number of carbonyl (C=O) groups excluding carboxylic acids is 1. The van der Waals surface area contributed by atoms with Crippen LogP contribution in [0, 0.1) is 11.3 Å². The van der Waals surface area contributed by atoms with Crippen LogP contribution in [-0.2, 0) is 28.1 Å². The topological polar surface area (TPSA) is 213 Å². The smallest absolute Gasteiger partial charge is 0.456 e. The van der Waals surface area contributed by atoms with Gasteiger partial charge in [-0.25, -0.2) is 14.1 Å². The van der Waals surface area contributed by atoms with Crippen LogP contribution in [0.5, 0.6) is 5.75 Å². The Balaban J connectivity index is 1.56. The van der Waals surface area contributed by atoms with E-state index in [2.05, 4.69) is 15.2 Å². The van der Waals surface area contributed by atoms with Crippen molar-refractivity contribution in [2.75, 3.05) is 32.7 Å². The van der Waals surface area contributed by atoms with E-state index in [4.69, 9.17) is 29.0 Å². The van der Waals surface area contributed by atoms with E-state index in [-0.39, 0.29) is 30.5 Å². The van der Waals surface area contributed by atoms with Crippen LogP contribution in [-0.4, -0.2) is 81.6 Å². The zero-order valence-electron chi connectivity index (χ0n) is 21.6. The van der Waals surface area contributed by atoms with E-state index in [1.807, 2.05) is 0 Å². The molecule has 2 unspecified atom stereocenters. The van der Waals surface area contributed by atoms with Gasteiger partial charge in [-0.1, -0.05) is 18.2 Å². The van der Waals surface area contributed by atoms with Gasteiger partial charge < -0.3 is 34.7 Å². The summed E-state index contributed by atoms with van der Waals surface area (Å²) in [6.45, 7) is 1.04. The van der Waals surface area contributed by atoms with E-state index < -0.39 is 50.3 Å². The Hall–Kier alpha value is -3.61. The number of hydrogen-bond acceptors (Lipinski definition) is 13. The number of benzene rings is 1. The molecular weight excluding hydrogens is 547 g/mol. The standard InChI is InChI=1S/C24H29N6O9P/c1-15(23(33)38-17-10-36-11-17)29-40(34,39-16-6-4-3-5-7-16)37-13-24(12-25,35-2)21(32)20(31)18-8-9-19-22(26)27-14-28-30(18)19/h3-9,14-15,17,20-21,31-32H,10-11,13H2,1-2H3,(H,29,34)(H2,26,27,28)/t15-,20-,21-,24?,40?/m0/s1. The van der Waals surface area contributed by atoms with Crippen molar-refractivity contribution in [3.05, 3.63) is 54.5 Å². The average Bonchev–Trinajstić information content (AvgIpc) is 3.37. The molecule has 0 spiro atoms. The number of nitrogens with zero attached hydrogens (tertiary/aromatic N) is 4. The second kappa shape index (κ2) is 12.3. The summed E-state index contributed by atoms with van der Waals surface area (Å²) in [5.74, 6) is -0.472. The Morgan fingerprint density at radius 3 is 2.67 bits per heavy atom. The third-order valence-electron chi connectivity index (χ3n) is 6.16. The lowest BCUT2D eigenvalue weighted by Crippen LogP contribution is -2.50. The molecule has 3 heterocycles. The SMILES string of the molecule is COC(C#N)(COP(=O)(N[C@@H](C)C(=O)OC1COC1)Oc1ccccc1)[C@@H](O)[C@@H](O)c1ccc2c(N)ncnn12. The van der Waals surface area contributed by atoms with Crippen LogP contribution >= 0.6 is 7.75 Å². The highest BCUT2D eigenvalue weighted by Crippen LogP contribution is 2.46. The van der Waals surface area contributed by atoms with Gasteiger partial charge in [0.25, 0.3) is 0 Å². The maximum absolute atomic E-state index is 13.8. The van der Waals surface area contributed by atoms with Crippen LogP contribution in [0.25, 0.3) is 5.52 Å². The van der Waals surface area contributed by atoms with E-state index in [0.717, 1.165) is 13.4 Å². The van der Waals surface area contributed by atoms with Gasteiger partial charge in [0.2, 0.25) is 5.60 Å². The zero-order valence-corrected chi connectivity index (χ0v) is 22.5. The molecule has 15 nitrogen and oxygen atoms in total. The van der Waals surface area contributed by atoms with Crippen molar-refractivity contribution in [1.29, 1.82) is 5.26 Å². The molecule has 5 atom stereocenters. The third kappa shape index (κ3) is 6.24. The Kier molecular flexibility index (Phi) is 9.02. The number of methoxy groups -OCH3 is 1. The number of fused-ring (bicyclic) bond motifs is 1. The number of aromatic nitrogens is 3. The van der Waals surface area contributed by atoms with Crippen molar-refractivity contribution in [1.82, 2.24) is 19.7 Å². The van der Waals surface area contributed by atoms with E-state index in [1.165, 1.54) is 35.7 Å². The lowest BCUT2D eigenvalue weighted by Gasteiger charge is -2.34. The molecule has 0 aliphatic carbocycles. The zero-order chi connectivity index (χ0) is 28.9. The number of rotatable bonds is 13. The highest BCUT2D eigenvalue weighted by Gasteiger charge is 2.47. The molecule has 2 aromatic heterocycles. The summed E-state index contributed by atoms with van der Waals surface area (Å²) in [4.78, 5) is 16.4. The molecule has 0 bridgehead atoms. The van der Waals surface area contributed by atoms with Gasteiger partial charge in [0.05, 0.1) is 18.9 Å². The number of hydrogen-bond donors (Lipinski definition) is 4. The van der Waals surface area contributed by atoms with E-state index in [9.17, 15) is 24.8 Å². The molecule has 5 N–H and O–H groups in total. The van der Waals surface area contributed by atoms with Crippen LogP contribution in [0.3, 0.4) is 0 Å². The van der Waals surface area contributed by atoms with E-state index in [1.54, 1.807) is 24.3 Å². The number of esters is 1. The van der Waals surface area contributed by atoms with Crippen molar-refractivity contribution in [3.8, 4) is 11.8 Å². The van der Waals surface area contributed by atoms with Gasteiger partial charge in [-0.3, -0.25) is 9.32 Å². The second-order valence-corrected chi connectivity index (χ2v) is 10.6. The van der Waals surface area contributed by atoms with Crippen molar-refractivity contribution in [3.63, 3.8) is 0 Å². The van der Waals surface area contributed by atoms with Crippen LogP contribution in [0.1, 0.15) is 18.7 Å². The monoisotopic (exact) mass is 576 g/mol. The Labute approximate surface area is 229 Å². The summed E-state index contributed by atoms with van der Waals surface area (Å²) in [6, 6.07) is 11.6. The molecule has 3 aromatic rings. The summed E-state index contributed by atoms with van der Waals surface area (Å²) in [5, 5.41) is 38.7. The van der Waals surface area contributed by atoms with Crippen LogP contribution < -0.4 is 15.3 Å². The van der Waals surface area contributed by atoms with Gasteiger partial charge >= 0.3 is 13.7 Å². The maximum Gasteiger partial charge on any atom is 0.459 e. The summed E-state index contributed by atoms with van der Waals surface area (Å²) in [7, 11) is -3.32. The summed E-state index contributed by atoms with van der Waals surface area (Å²) in [5.41, 5.74) is 4.02. The number of nitrogens with one attached hydrogen (secondary N) is 1. The van der Waals surface area contributed by atoms with E-state index >= 15 is 0 Å². The van der Waals surface area contributed by atoms with Gasteiger partial charge in [-0.05, 0) is 31.2 Å². The minimum absolute atomic E-state index is 0.0754. The molecule has 1 aliphatic rings. The average molecular weight is 577 g/mol. The number of nitrogens with two attached hydrogens (primary N) is 1. The summed E-state index contributed by atoms with van der Waals surface area (Å²) >= 11 is 0. The second-order valence-electron chi connectivity index (χ2n) is 8.92. The molecule has 4 rings (SSSR count). The molecule has 1 aliphatic heterocycles. The normalized spacial score (nSPS) is 18.9. The van der Waals surface area contributed by atoms with Gasteiger partial charge in [0.1, 0.15) is 54.6 Å². The number of ether oxygens (including phenoxy) is 3. The van der Waals surface area contributed by atoms with Gasteiger partial charge in [0, 0.05) is 7.11 Å². The molecule has 1 aromatic carbocycles. The minimum Gasteiger partial charge on any atom is -0.456 e. The maximum atomic E-state index is 13.8. The number of aliphatic hydroxyl groups excluding tert-OH is 2. The fourth-order valence-electron chi connectivity index (χ4n) is 3.75. The van der Waals surface area contributed by atoms with Crippen molar-refractivity contribution in [2.24, 2.45) is 0 Å². The van der Waals surface area contributed by atoms with Crippen molar-refractivity contribution < 1.29 is 42.8 Å². The predicted octanol–water partition coefficient (Wildman–Crippen LogP) is 0.738. The predicted molar refractivity (Wildman–Crippen MR) is 138 cm³/mol. The third-order valence-corrected chi connectivity index (χ3v) is 7.78. The first-order chi connectivity index (χ1) is 19.1. The molecular formula is C24H29N6O9P. The molecule has 0 amide bonds. The molecule has 1 saturated heterocycles. The molecule has 16 heteroatoms. The quantitative estimate of drug-likeness (QED) is 0.163. The van der Waals surface area contributed by atoms with E-state index in [0.29, 0.717) is 5.52 Å². The fourth-order valence-corrected chi connectivity index (χ4v) is 5.27. The number of aliphatic hydroxyl groups is 2. The first-order valence-electron chi connectivity index (χ1n) is 12.1. The van der Waals surface area contributed by atoms with Crippen LogP contribution in [0.15, 0.2) is 48.8 Å². The van der Waals surface area contributed by atoms with Crippen LogP contribution in [0.4, 0.5) is 5.82 Å². The van der Waals surface area contributed by atoms with Crippen molar-refractivity contribution >= 4 is 25.1 Å². The highest BCUT2D eigenvalue weighted by molar-refractivity contribution is 7.52. The molecule has 0 radical (unpaired) electrons. The Bertz CT molecular complexity index is 1410. The lowest BCUT2D eigenvalue weighted by molar-refractivity contribution is -0.173. The Morgan fingerprint density at radius 2 is 2.05 bits per heavy atom. The largest absolute Gasteiger partial charge is 0.459 e. The lowest BCUT2D eigenvalue weighted by atomic mass is 9.93. The van der Waals surface area contributed by atoms with Gasteiger partial charge in [0.15, 0.2) is 5.82 Å². The van der Waals surface area contributed by atoms with Crippen LogP contribution in [0.2, 0.25) is 0 Å².